The lowest BCUT2D eigenvalue weighted by molar-refractivity contribution is 0.0962. The molecule has 0 saturated heterocycles. The van der Waals surface area contributed by atoms with Gasteiger partial charge in [0.25, 0.3) is 21.8 Å². The molecule has 3 amide bonds. The molecule has 3 aromatic rings. The highest BCUT2D eigenvalue weighted by Gasteiger charge is 2.30. The van der Waals surface area contributed by atoms with E-state index in [1.807, 2.05) is 0 Å². The number of sulfonamides is 1. The van der Waals surface area contributed by atoms with Crippen molar-refractivity contribution in [1.82, 2.24) is 10.2 Å². The lowest BCUT2D eigenvalue weighted by atomic mass is 10.0. The summed E-state index contributed by atoms with van der Waals surface area (Å²) in [7, 11) is -0.936. The minimum absolute atomic E-state index is 0.126. The zero-order valence-corrected chi connectivity index (χ0v) is 21.2. The Morgan fingerprint density at radius 2 is 1.69 bits per heavy atom. The number of methoxy groups -OCH3 is 1. The molecule has 0 unspecified atom stereocenters. The van der Waals surface area contributed by atoms with Crippen molar-refractivity contribution in [2.75, 3.05) is 30.7 Å². The Morgan fingerprint density at radius 3 is 2.33 bits per heavy atom. The Bertz CT molecular complexity index is 1400. The Balaban J connectivity index is 1.53. The van der Waals surface area contributed by atoms with Crippen LogP contribution in [0.25, 0.3) is 0 Å². The van der Waals surface area contributed by atoms with Gasteiger partial charge in [0, 0.05) is 29.7 Å². The average molecular weight is 529 g/mol. The molecular formula is C24H24N4O6S2. The second-order valence-corrected chi connectivity index (χ2v) is 10.7. The van der Waals surface area contributed by atoms with Gasteiger partial charge in [-0.05, 0) is 48.4 Å². The molecule has 10 nitrogen and oxygen atoms in total. The van der Waals surface area contributed by atoms with Crippen molar-refractivity contribution < 1.29 is 27.5 Å². The predicted molar refractivity (Wildman–Crippen MR) is 136 cm³/mol. The van der Waals surface area contributed by atoms with Gasteiger partial charge < -0.3 is 20.3 Å². The van der Waals surface area contributed by atoms with Crippen molar-refractivity contribution in [3.05, 3.63) is 76.2 Å². The minimum Gasteiger partial charge on any atom is -0.453 e. The average Bonchev–Trinajstić information content (AvgIpc) is 3.25. The van der Waals surface area contributed by atoms with Gasteiger partial charge in [-0.3, -0.25) is 14.3 Å². The molecule has 0 radical (unpaired) electrons. The van der Waals surface area contributed by atoms with E-state index in [0.29, 0.717) is 29.2 Å². The van der Waals surface area contributed by atoms with Crippen molar-refractivity contribution in [3.63, 3.8) is 0 Å². The molecule has 1 aromatic heterocycles. The molecule has 12 heteroatoms. The monoisotopic (exact) mass is 528 g/mol. The number of fused-ring (bicyclic) bond motifs is 1. The van der Waals surface area contributed by atoms with Gasteiger partial charge in [-0.25, -0.2) is 13.2 Å². The first-order chi connectivity index (χ1) is 17.2. The first-order valence-electron chi connectivity index (χ1n) is 10.9. The second-order valence-electron chi connectivity index (χ2n) is 7.88. The Morgan fingerprint density at radius 1 is 1.00 bits per heavy atom. The summed E-state index contributed by atoms with van der Waals surface area (Å²) in [4.78, 5) is 40.0. The van der Waals surface area contributed by atoms with Crippen LogP contribution < -0.4 is 15.4 Å². The molecule has 3 N–H and O–H groups in total. The Labute approximate surface area is 212 Å². The third-order valence-electron chi connectivity index (χ3n) is 5.62. The maximum absolute atomic E-state index is 13.0. The van der Waals surface area contributed by atoms with E-state index in [-0.39, 0.29) is 22.9 Å². The second kappa shape index (κ2) is 10.4. The summed E-state index contributed by atoms with van der Waals surface area (Å²) >= 11 is 1.24. The van der Waals surface area contributed by atoms with Crippen LogP contribution in [0.1, 0.15) is 31.2 Å². The third kappa shape index (κ3) is 5.19. The number of carbonyl (C=O) groups excluding carboxylic acids is 3. The van der Waals surface area contributed by atoms with E-state index in [2.05, 4.69) is 15.4 Å². The Kier molecular flexibility index (Phi) is 7.27. The Hall–Kier alpha value is -3.90. The van der Waals surface area contributed by atoms with Gasteiger partial charge in [0.05, 0.1) is 24.1 Å². The zero-order chi connectivity index (χ0) is 25.9. The predicted octanol–water partition coefficient (Wildman–Crippen LogP) is 3.29. The van der Waals surface area contributed by atoms with Crippen LogP contribution in [0.4, 0.5) is 15.5 Å². The van der Waals surface area contributed by atoms with Crippen LogP contribution in [-0.2, 0) is 27.7 Å². The number of nitrogens with zero attached hydrogens (tertiary/aromatic N) is 1. The number of thiophene rings is 1. The molecule has 0 aliphatic carbocycles. The van der Waals surface area contributed by atoms with Gasteiger partial charge >= 0.3 is 6.09 Å². The fourth-order valence-electron chi connectivity index (χ4n) is 3.82. The van der Waals surface area contributed by atoms with Crippen LogP contribution in [0.2, 0.25) is 0 Å². The van der Waals surface area contributed by atoms with E-state index in [0.717, 1.165) is 10.4 Å². The van der Waals surface area contributed by atoms with Crippen molar-refractivity contribution in [3.8, 4) is 0 Å². The molecule has 2 aromatic carbocycles. The third-order valence-corrected chi connectivity index (χ3v) is 8.15. The maximum atomic E-state index is 13.0. The number of benzene rings is 2. The number of hydrogen-bond acceptors (Lipinski definition) is 7. The van der Waals surface area contributed by atoms with Crippen molar-refractivity contribution >= 4 is 50.0 Å². The van der Waals surface area contributed by atoms with E-state index >= 15 is 0 Å². The van der Waals surface area contributed by atoms with Gasteiger partial charge in [0.15, 0.2) is 0 Å². The highest BCUT2D eigenvalue weighted by atomic mass is 32.2. The fraction of sp³-hybridized carbons (Fsp3) is 0.208. The van der Waals surface area contributed by atoms with E-state index in [4.69, 9.17) is 4.74 Å². The van der Waals surface area contributed by atoms with Gasteiger partial charge in [-0.2, -0.15) is 0 Å². The summed E-state index contributed by atoms with van der Waals surface area (Å²) in [5.74, 6) is -0.791. The summed E-state index contributed by atoms with van der Waals surface area (Å²) in [6, 6.07) is 13.9. The molecule has 0 fully saturated rings. The first kappa shape index (κ1) is 25.2. The molecule has 2 heterocycles. The lowest BCUT2D eigenvalue weighted by Crippen LogP contribution is -2.35. The topological polar surface area (TPSA) is 134 Å². The molecule has 0 spiro atoms. The van der Waals surface area contributed by atoms with Crippen molar-refractivity contribution in [2.24, 2.45) is 0 Å². The fourth-order valence-corrected chi connectivity index (χ4v) is 6.16. The number of carbonyl (C=O) groups is 3. The number of amides is 3. The number of ether oxygens (including phenoxy) is 1. The highest BCUT2D eigenvalue weighted by Crippen LogP contribution is 2.37. The van der Waals surface area contributed by atoms with Gasteiger partial charge in [-0.15, -0.1) is 11.3 Å². The molecule has 0 saturated carbocycles. The largest absolute Gasteiger partial charge is 0.453 e. The van der Waals surface area contributed by atoms with Gasteiger partial charge in [0.2, 0.25) is 0 Å². The molecule has 36 heavy (non-hydrogen) atoms. The van der Waals surface area contributed by atoms with Gasteiger partial charge in [-0.1, -0.05) is 18.2 Å². The molecule has 0 atom stereocenters. The van der Waals surface area contributed by atoms with Crippen LogP contribution >= 0.6 is 11.3 Å². The molecule has 1 aliphatic heterocycles. The summed E-state index contributed by atoms with van der Waals surface area (Å²) in [5, 5.41) is 5.78. The van der Waals surface area contributed by atoms with Crippen LogP contribution in [0.15, 0.2) is 59.5 Å². The molecule has 188 valence electrons. The number of anilines is 2. The van der Waals surface area contributed by atoms with E-state index in [1.54, 1.807) is 18.2 Å². The number of nitrogens with one attached hydrogen (secondary N) is 3. The van der Waals surface area contributed by atoms with Crippen LogP contribution in [0.3, 0.4) is 0 Å². The van der Waals surface area contributed by atoms with Crippen LogP contribution in [-0.4, -0.2) is 51.9 Å². The number of hydrogen-bond donors (Lipinski definition) is 3. The lowest BCUT2D eigenvalue weighted by Gasteiger charge is -2.25. The number of rotatable bonds is 6. The first-order valence-corrected chi connectivity index (χ1v) is 13.2. The quantitative estimate of drug-likeness (QED) is 0.450. The molecular weight excluding hydrogens is 504 g/mol. The van der Waals surface area contributed by atoms with Crippen molar-refractivity contribution in [1.29, 1.82) is 0 Å². The zero-order valence-electron chi connectivity index (χ0n) is 19.5. The minimum atomic E-state index is -3.76. The summed E-state index contributed by atoms with van der Waals surface area (Å²) in [6.07, 6.45) is -0.000353. The molecule has 1 aliphatic rings. The maximum Gasteiger partial charge on any atom is 0.409 e. The normalized spacial score (nSPS) is 12.9. The molecule has 4 rings (SSSR count). The van der Waals surface area contributed by atoms with Gasteiger partial charge in [0.1, 0.15) is 5.00 Å². The highest BCUT2D eigenvalue weighted by molar-refractivity contribution is 7.92. The van der Waals surface area contributed by atoms with Crippen molar-refractivity contribution in [2.45, 2.75) is 17.9 Å². The van der Waals surface area contributed by atoms with E-state index in [1.165, 1.54) is 66.8 Å². The SMILES string of the molecule is CNC(=O)c1c(NC(=O)c2ccc(NS(=O)(=O)c3ccccc3)cc2)sc2c1CCN(C(=O)OC)C2. The molecule has 0 bridgehead atoms. The summed E-state index contributed by atoms with van der Waals surface area (Å²) < 4.78 is 32.3. The smallest absolute Gasteiger partial charge is 0.409 e. The summed E-state index contributed by atoms with van der Waals surface area (Å²) in [5.41, 5.74) is 1.75. The summed E-state index contributed by atoms with van der Waals surface area (Å²) in [6.45, 7) is 0.678. The van der Waals surface area contributed by atoms with Crippen LogP contribution in [0.5, 0.6) is 0 Å². The standard InChI is InChI=1S/C24H24N4O6S2/c1-25-22(30)20-18-12-13-28(24(31)34-2)14-19(18)35-23(20)26-21(29)15-8-10-16(11-9-15)27-36(32,33)17-6-4-3-5-7-17/h3-11,27H,12-14H2,1-2H3,(H,25,30)(H,26,29). The van der Waals surface area contributed by atoms with E-state index in [9.17, 15) is 22.8 Å². The van der Waals surface area contributed by atoms with Crippen LogP contribution in [0, 0.1) is 0 Å². The van der Waals surface area contributed by atoms with E-state index < -0.39 is 22.0 Å².